The van der Waals surface area contributed by atoms with E-state index in [9.17, 15) is 20.2 Å². The van der Waals surface area contributed by atoms with Crippen molar-refractivity contribution < 1.29 is 43.0 Å². The first-order chi connectivity index (χ1) is 47.6. The summed E-state index contributed by atoms with van der Waals surface area (Å²) in [4.78, 5) is 43.9. The van der Waals surface area contributed by atoms with Crippen LogP contribution in [0.25, 0.3) is 21.8 Å². The number of nitrogens with two attached hydrogens (primary N) is 3. The molecule has 2 aromatic carbocycles. The number of aryl methyl sites for hydroxylation is 4. The second kappa shape index (κ2) is 45.4. The van der Waals surface area contributed by atoms with Crippen LogP contribution in [0.2, 0.25) is 25.6 Å². The van der Waals surface area contributed by atoms with Crippen molar-refractivity contribution >= 4 is 114 Å². The van der Waals surface area contributed by atoms with E-state index in [-0.39, 0.29) is 26.7 Å². The van der Waals surface area contributed by atoms with Gasteiger partial charge in [-0.25, -0.2) is 24.9 Å². The molecule has 0 unspecified atom stereocenters. The third-order valence-corrected chi connectivity index (χ3v) is 15.6. The van der Waals surface area contributed by atoms with E-state index < -0.39 is 16.3 Å². The van der Waals surface area contributed by atoms with E-state index >= 15 is 0 Å². The summed E-state index contributed by atoms with van der Waals surface area (Å²) in [6, 6.07) is 19.6. The minimum absolute atomic E-state index is 0.00463. The number of ether oxygens (including phenoxy) is 7. The molecule has 7 aromatic heterocycles. The topological polar surface area (TPSA) is 348 Å². The van der Waals surface area contributed by atoms with Crippen molar-refractivity contribution in [1.29, 1.82) is 0 Å². The Hall–Kier alpha value is -8.26. The molecule has 0 amide bonds. The Balaban J connectivity index is 0.000000257. The molecule has 0 aliphatic carbocycles. The summed E-state index contributed by atoms with van der Waals surface area (Å²) in [5.74, 6) is 3.72. The van der Waals surface area contributed by atoms with Gasteiger partial charge in [-0.15, -0.1) is 0 Å². The molecule has 33 heteroatoms. The van der Waals surface area contributed by atoms with Crippen molar-refractivity contribution in [3.05, 3.63) is 167 Å². The molecule has 0 atom stereocenters. The molecule has 0 radical (unpaired) electrons. The molecular weight excluding hydrogens is 1380 g/mol. The smallest absolute Gasteiger partial charge is 0.306 e. The Labute approximate surface area is 601 Å². The van der Waals surface area contributed by atoms with Gasteiger partial charge in [0.25, 0.3) is 12.2 Å². The van der Waals surface area contributed by atoms with Crippen LogP contribution in [0, 0.1) is 20.2 Å². The average molecular weight is 1470 g/mol. The molecule has 0 saturated carbocycles. The quantitative estimate of drug-likeness (QED) is 0.0130. The molecule has 2 aliphatic rings. The monoisotopic (exact) mass is 1470 g/mol. The zero-order chi connectivity index (χ0) is 72.8. The van der Waals surface area contributed by atoms with Crippen LogP contribution in [0.15, 0.2) is 110 Å². The van der Waals surface area contributed by atoms with Crippen molar-refractivity contribution in [2.45, 2.75) is 71.7 Å². The molecule has 2 aliphatic heterocycles. The fourth-order valence-corrected chi connectivity index (χ4v) is 10.4. The van der Waals surface area contributed by atoms with Crippen LogP contribution in [-0.2, 0) is 41.1 Å². The number of nitrogens with one attached hydrogen (secondary N) is 1. The van der Waals surface area contributed by atoms with Crippen molar-refractivity contribution in [3.8, 4) is 23.0 Å². The Morgan fingerprint density at radius 3 is 1.45 bits per heavy atom. The number of hydrogen-bond donors (Lipinski definition) is 4. The minimum Gasteiger partial charge on any atom is -0.493 e. The molecule has 0 spiro atoms. The van der Waals surface area contributed by atoms with Gasteiger partial charge in [-0.05, 0) is 127 Å². The zero-order valence-corrected chi connectivity index (χ0v) is 61.0. The maximum absolute atomic E-state index is 10.4. The normalized spacial score (nSPS) is 12.2. The number of nitro groups is 2. The van der Waals surface area contributed by atoms with Gasteiger partial charge in [0.2, 0.25) is 0 Å². The van der Waals surface area contributed by atoms with Crippen molar-refractivity contribution in [2.24, 2.45) is 19.8 Å². The van der Waals surface area contributed by atoms with Crippen LogP contribution in [0.4, 0.5) is 34.3 Å². The van der Waals surface area contributed by atoms with Gasteiger partial charge in [0.15, 0.2) is 23.0 Å². The number of hydrogen-bond acceptors (Lipinski definition) is 24. The summed E-state index contributed by atoms with van der Waals surface area (Å²) in [5, 5.41) is 35.7. The van der Waals surface area contributed by atoms with Gasteiger partial charge in [0.1, 0.15) is 43.8 Å². The lowest BCUT2D eigenvalue weighted by atomic mass is 10.2. The van der Waals surface area contributed by atoms with Crippen LogP contribution in [0.3, 0.4) is 0 Å². The fourth-order valence-electron chi connectivity index (χ4n) is 9.43. The first-order valence-corrected chi connectivity index (χ1v) is 33.1. The lowest BCUT2D eigenvalue weighted by Gasteiger charge is -2.16. The maximum atomic E-state index is 10.4. The van der Waals surface area contributed by atoms with E-state index in [2.05, 4.69) is 70.2 Å². The molecule has 7 N–H and O–H groups in total. The number of halogens is 5. The van der Waals surface area contributed by atoms with E-state index in [0.717, 1.165) is 100 Å². The van der Waals surface area contributed by atoms with Crippen molar-refractivity contribution in [1.82, 2.24) is 54.3 Å². The van der Waals surface area contributed by atoms with E-state index in [1.807, 2.05) is 87.5 Å². The van der Waals surface area contributed by atoms with Crippen LogP contribution in [0.1, 0.15) is 63.5 Å². The van der Waals surface area contributed by atoms with Gasteiger partial charge in [-0.2, -0.15) is 10.2 Å². The number of likely N-dealkylation sites (tertiary alicyclic amines) is 2. The number of nitrogen functional groups attached to an aromatic ring is 2. The van der Waals surface area contributed by atoms with Crippen LogP contribution in [0.5, 0.6) is 23.0 Å². The van der Waals surface area contributed by atoms with Gasteiger partial charge in [-0.1, -0.05) is 71.9 Å². The number of fused-ring (bicyclic) bond motifs is 2. The largest absolute Gasteiger partial charge is 0.493 e. The number of methoxy groups -OCH3 is 5. The molecule has 11 rings (SSSR count). The third kappa shape index (κ3) is 28.9. The van der Waals surface area contributed by atoms with Gasteiger partial charge >= 0.3 is 5.69 Å². The van der Waals surface area contributed by atoms with Crippen molar-refractivity contribution in [3.63, 3.8) is 0 Å². The highest BCUT2D eigenvalue weighted by Crippen LogP contribution is 2.33. The summed E-state index contributed by atoms with van der Waals surface area (Å²) in [7, 11) is 13.1. The molecule has 9 heterocycles. The maximum Gasteiger partial charge on any atom is 0.306 e. The lowest BCUT2D eigenvalue weighted by molar-refractivity contribution is -0.385. The highest BCUT2D eigenvalue weighted by atomic mass is 35.5. The molecular formula is C66H88Cl5N17O11. The number of aromatic nitrogens is 9. The van der Waals surface area contributed by atoms with Crippen LogP contribution < -0.4 is 41.5 Å². The number of anilines is 4. The fraction of sp³-hybridized carbons (Fsp3) is 0.409. The molecule has 9 aromatic rings. The highest BCUT2D eigenvalue weighted by molar-refractivity contribution is 6.35. The van der Waals surface area contributed by atoms with Gasteiger partial charge in [-0.3, -0.25) is 29.6 Å². The van der Waals surface area contributed by atoms with Crippen LogP contribution in [-0.4, -0.2) is 166 Å². The van der Waals surface area contributed by atoms with Crippen molar-refractivity contribution in [2.75, 3.05) is 112 Å². The summed E-state index contributed by atoms with van der Waals surface area (Å²) >= 11 is 27.8. The first-order valence-electron chi connectivity index (χ1n) is 31.2. The predicted octanol–water partition coefficient (Wildman–Crippen LogP) is 13.5. The number of nitrogens with zero attached hydrogens (tertiary/aromatic N) is 13. The highest BCUT2D eigenvalue weighted by Gasteiger charge is 2.16. The standard InChI is InChI=1S/C21H27N5O2.C14H22N2O2.C7H6ClN3.C7H7ClN2O2.C7H9ClN2.C5H2Cl2N2O2.C4H10O3.CH5N/c1-25-18-13-21(22-14-16(18)15-23-25)24-17-6-7-19(27-2)20(12-17)28-11-5-10-26-8-3-4-9-26;1-17-13-6-5-12(15)11-14(13)18-10-4-9-16-7-2-3-8-16;1-11-6-2-7(8)9-3-5(6)4-10-11;1-2-5-3-7(8)9-4-6(5)10(11)12;1-2-5-3-7(8)10-4-6(5)9;6-3-1-5(7)8-2-4(3)9(10)11;1-5-4(6-2)7-3;1-2/h6-7,12-15H,3-5,8-11H2,1-2H3,(H,22,24);5-6,11H,2-4,7-10,15H2,1H3;2-4H,1H3;3-4H,2H2,1H3;3-4H,2,9H2,1H3;1-2H;4H,1-3H3;2H2,1H3. The minimum atomic E-state index is -0.619. The number of rotatable bonds is 21. The molecule has 28 nitrogen and oxygen atoms in total. The second-order valence-electron chi connectivity index (χ2n) is 21.2. The summed E-state index contributed by atoms with van der Waals surface area (Å²) in [6.07, 6.45) is 19.7. The van der Waals surface area contributed by atoms with E-state index in [1.165, 1.54) is 98.6 Å². The first kappa shape index (κ1) is 83.2. The summed E-state index contributed by atoms with van der Waals surface area (Å²) in [5.41, 5.74) is 21.6. The molecule has 2 fully saturated rings. The lowest BCUT2D eigenvalue weighted by Crippen LogP contribution is -2.21. The Morgan fingerprint density at radius 2 is 0.980 bits per heavy atom. The second-order valence-corrected chi connectivity index (χ2v) is 23.1. The summed E-state index contributed by atoms with van der Waals surface area (Å²) < 4.78 is 39.9. The zero-order valence-electron chi connectivity index (χ0n) is 57.2. The van der Waals surface area contributed by atoms with Crippen LogP contribution >= 0.6 is 58.0 Å². The Bertz CT molecular complexity index is 3880. The third-order valence-electron chi connectivity index (χ3n) is 14.5. The van der Waals surface area contributed by atoms with E-state index in [4.69, 9.17) is 88.4 Å². The SMILES string of the molecule is CCc1cc(Cl)ncc1N.CCc1cc(Cl)ncc1[N+](=O)[O-].CN.COC(OC)OC.COc1ccc(N)cc1OCCCN1CCCC1.COc1ccc(Nc2cc3c(cn2)cnn3C)cc1OCCCN1CCCC1.Cn1ncc2cnc(Cl)cc21.O=[N+]([O-])c1cnc(Cl)cc1Cl. The van der Waals surface area contributed by atoms with Gasteiger partial charge < -0.3 is 65.5 Å². The molecule has 0 bridgehead atoms. The van der Waals surface area contributed by atoms with E-state index in [1.54, 1.807) is 49.6 Å². The van der Waals surface area contributed by atoms with Gasteiger partial charge in [0.05, 0.1) is 72.6 Å². The van der Waals surface area contributed by atoms with E-state index in [0.29, 0.717) is 46.9 Å². The van der Waals surface area contributed by atoms with Gasteiger partial charge in [0, 0.05) is 119 Å². The number of pyridine rings is 5. The number of benzene rings is 2. The molecule has 99 heavy (non-hydrogen) atoms. The predicted molar refractivity (Wildman–Crippen MR) is 391 cm³/mol. The molecule has 2 saturated heterocycles. The molecule has 538 valence electrons. The summed E-state index contributed by atoms with van der Waals surface area (Å²) in [6.45, 7) is 11.8. The Kier molecular flexibility index (Phi) is 38.2. The Morgan fingerprint density at radius 1 is 0.535 bits per heavy atom. The average Bonchev–Trinajstić information content (AvgIpc) is 1.78.